The maximum absolute atomic E-state index is 5.79. The molecule has 2 N–H and O–H groups in total. The Labute approximate surface area is 65.0 Å². The molecule has 0 unspecified atom stereocenters. The summed E-state index contributed by atoms with van der Waals surface area (Å²) in [5.74, 6) is 0. The van der Waals surface area contributed by atoms with Gasteiger partial charge in [0.25, 0.3) is 0 Å². The fraction of sp³-hybridized carbons (Fsp3) is 1.00. The van der Waals surface area contributed by atoms with Gasteiger partial charge in [-0.05, 0) is 24.6 Å². The highest BCUT2D eigenvalue weighted by Gasteiger charge is 2.25. The van der Waals surface area contributed by atoms with Gasteiger partial charge in [0.1, 0.15) is 5.50 Å². The number of nitrogens with two attached hydrogens (primary N) is 1. The van der Waals surface area contributed by atoms with E-state index < -0.39 is 0 Å². The largest absolute Gasteiger partial charge is 0.325 e. The molecule has 2 atom stereocenters. The van der Waals surface area contributed by atoms with Crippen molar-refractivity contribution in [2.45, 2.75) is 24.4 Å². The first-order valence-corrected chi connectivity index (χ1v) is 3.81. The summed E-state index contributed by atoms with van der Waals surface area (Å²) >= 11 is 11.5. The van der Waals surface area contributed by atoms with Crippen molar-refractivity contribution in [3.8, 4) is 0 Å². The Morgan fingerprint density at radius 1 is 1.56 bits per heavy atom. The molecular weight excluding hydrogens is 159 g/mol. The van der Waals surface area contributed by atoms with E-state index in [-0.39, 0.29) is 11.5 Å². The van der Waals surface area contributed by atoms with Crippen molar-refractivity contribution in [1.82, 2.24) is 4.42 Å². The second-order valence-corrected chi connectivity index (χ2v) is 3.18. The highest BCUT2D eigenvalue weighted by Crippen LogP contribution is 2.20. The van der Waals surface area contributed by atoms with Crippen molar-refractivity contribution in [3.63, 3.8) is 0 Å². The molecule has 0 bridgehead atoms. The summed E-state index contributed by atoms with van der Waals surface area (Å²) in [6, 6.07) is 0.0397. The predicted octanol–water partition coefficient (Wildman–Crippen LogP) is 1.13. The standard InChI is InChI=1S/C5H10Cl2N2/c6-5-4(8)2-1-3-9(5)7/h4-5H,1-3,8H2/t4-,5+/m0/s1. The minimum Gasteiger partial charge on any atom is -0.325 e. The lowest BCUT2D eigenvalue weighted by molar-refractivity contribution is 0.299. The van der Waals surface area contributed by atoms with Crippen molar-refractivity contribution >= 4 is 23.4 Å². The summed E-state index contributed by atoms with van der Waals surface area (Å²) in [6.45, 7) is 0.851. The first kappa shape index (κ1) is 7.61. The first-order chi connectivity index (χ1) is 4.22. The second kappa shape index (κ2) is 3.06. The average molecular weight is 169 g/mol. The van der Waals surface area contributed by atoms with Crippen LogP contribution in [0.1, 0.15) is 12.8 Å². The molecule has 1 aliphatic heterocycles. The van der Waals surface area contributed by atoms with Crippen LogP contribution < -0.4 is 5.73 Å². The highest BCUT2D eigenvalue weighted by atomic mass is 35.5. The van der Waals surface area contributed by atoms with Gasteiger partial charge in [-0.25, -0.2) is 4.42 Å². The van der Waals surface area contributed by atoms with Gasteiger partial charge in [-0.3, -0.25) is 0 Å². The van der Waals surface area contributed by atoms with Gasteiger partial charge in [0.2, 0.25) is 0 Å². The van der Waals surface area contributed by atoms with Crippen LogP contribution in [-0.4, -0.2) is 22.5 Å². The van der Waals surface area contributed by atoms with E-state index in [1.165, 1.54) is 0 Å². The molecule has 1 rings (SSSR count). The number of halogens is 2. The highest BCUT2D eigenvalue weighted by molar-refractivity contribution is 6.25. The molecule has 1 fully saturated rings. The minimum absolute atomic E-state index is 0.0397. The van der Waals surface area contributed by atoms with Crippen LogP contribution >= 0.6 is 23.4 Å². The Bertz CT molecular complexity index is 89.0. The van der Waals surface area contributed by atoms with E-state index in [0.717, 1.165) is 19.4 Å². The number of hydrogen-bond acceptors (Lipinski definition) is 2. The average Bonchev–Trinajstić information content (AvgIpc) is 1.83. The first-order valence-electron chi connectivity index (χ1n) is 3.04. The monoisotopic (exact) mass is 168 g/mol. The van der Waals surface area contributed by atoms with Crippen LogP contribution in [-0.2, 0) is 0 Å². The zero-order chi connectivity index (χ0) is 6.85. The van der Waals surface area contributed by atoms with Crippen LogP contribution in [0, 0.1) is 0 Å². The molecule has 0 amide bonds. The summed E-state index contributed by atoms with van der Waals surface area (Å²) < 4.78 is 1.57. The van der Waals surface area contributed by atoms with Gasteiger partial charge in [0.15, 0.2) is 0 Å². The zero-order valence-corrected chi connectivity index (χ0v) is 6.57. The van der Waals surface area contributed by atoms with E-state index in [0.29, 0.717) is 0 Å². The zero-order valence-electron chi connectivity index (χ0n) is 5.06. The second-order valence-electron chi connectivity index (χ2n) is 2.30. The lowest BCUT2D eigenvalue weighted by Gasteiger charge is -2.30. The summed E-state index contributed by atoms with van der Waals surface area (Å²) in [5, 5.41) is 0. The smallest absolute Gasteiger partial charge is 0.114 e. The Morgan fingerprint density at radius 2 is 2.22 bits per heavy atom. The van der Waals surface area contributed by atoms with Crippen LogP contribution in [0.25, 0.3) is 0 Å². The van der Waals surface area contributed by atoms with Crippen LogP contribution in [0.3, 0.4) is 0 Å². The van der Waals surface area contributed by atoms with E-state index in [1.54, 1.807) is 4.42 Å². The molecule has 54 valence electrons. The molecule has 0 spiro atoms. The van der Waals surface area contributed by atoms with Gasteiger partial charge in [-0.1, -0.05) is 0 Å². The Balaban J connectivity index is 2.41. The predicted molar refractivity (Wildman–Crippen MR) is 39.4 cm³/mol. The van der Waals surface area contributed by atoms with Gasteiger partial charge in [-0.15, -0.1) is 11.6 Å². The Kier molecular flexibility index (Phi) is 2.59. The fourth-order valence-corrected chi connectivity index (χ4v) is 1.43. The van der Waals surface area contributed by atoms with Crippen LogP contribution in [0.5, 0.6) is 0 Å². The third-order valence-electron chi connectivity index (χ3n) is 1.53. The molecule has 1 saturated heterocycles. The van der Waals surface area contributed by atoms with E-state index in [4.69, 9.17) is 29.1 Å². The van der Waals surface area contributed by atoms with Crippen molar-refractivity contribution in [3.05, 3.63) is 0 Å². The van der Waals surface area contributed by atoms with E-state index in [1.807, 2.05) is 0 Å². The summed E-state index contributed by atoms with van der Waals surface area (Å²) in [6.07, 6.45) is 2.03. The van der Waals surface area contributed by atoms with E-state index >= 15 is 0 Å². The molecule has 0 aliphatic carbocycles. The van der Waals surface area contributed by atoms with Gasteiger partial charge in [0, 0.05) is 12.6 Å². The number of hydrogen-bond donors (Lipinski definition) is 1. The number of rotatable bonds is 0. The molecular formula is C5H10Cl2N2. The van der Waals surface area contributed by atoms with Gasteiger partial charge < -0.3 is 5.73 Å². The normalized spacial score (nSPS) is 39.0. The molecule has 0 aromatic heterocycles. The minimum atomic E-state index is -0.180. The molecule has 0 aromatic carbocycles. The van der Waals surface area contributed by atoms with E-state index in [2.05, 4.69) is 0 Å². The Hall–Kier alpha value is 0.500. The lowest BCUT2D eigenvalue weighted by atomic mass is 10.1. The molecule has 9 heavy (non-hydrogen) atoms. The summed E-state index contributed by atoms with van der Waals surface area (Å²) in [7, 11) is 0. The van der Waals surface area contributed by atoms with Gasteiger partial charge in [-0.2, -0.15) is 0 Å². The lowest BCUT2D eigenvalue weighted by Crippen LogP contribution is -2.44. The molecule has 1 heterocycles. The van der Waals surface area contributed by atoms with E-state index in [9.17, 15) is 0 Å². The quantitative estimate of drug-likeness (QED) is 0.334. The third kappa shape index (κ3) is 1.71. The molecule has 2 nitrogen and oxygen atoms in total. The Morgan fingerprint density at radius 3 is 2.67 bits per heavy atom. The summed E-state index contributed by atoms with van der Waals surface area (Å²) in [5.41, 5.74) is 5.43. The number of alkyl halides is 1. The van der Waals surface area contributed by atoms with Crippen molar-refractivity contribution in [2.24, 2.45) is 5.73 Å². The molecule has 1 aliphatic rings. The van der Waals surface area contributed by atoms with Crippen LogP contribution in [0.15, 0.2) is 0 Å². The molecule has 0 saturated carbocycles. The molecule has 0 aromatic rings. The molecule has 0 radical (unpaired) electrons. The third-order valence-corrected chi connectivity index (χ3v) is 2.57. The maximum Gasteiger partial charge on any atom is 0.114 e. The van der Waals surface area contributed by atoms with Crippen molar-refractivity contribution < 1.29 is 0 Å². The fourth-order valence-electron chi connectivity index (χ4n) is 0.947. The number of piperidine rings is 1. The van der Waals surface area contributed by atoms with Crippen molar-refractivity contribution in [1.29, 1.82) is 0 Å². The SMILES string of the molecule is N[C@H]1CCCN(Cl)[C@H]1Cl. The molecule has 4 heteroatoms. The maximum atomic E-state index is 5.79. The van der Waals surface area contributed by atoms with Crippen molar-refractivity contribution in [2.75, 3.05) is 6.54 Å². The van der Waals surface area contributed by atoms with Gasteiger partial charge >= 0.3 is 0 Å². The van der Waals surface area contributed by atoms with Crippen LogP contribution in [0.2, 0.25) is 0 Å². The number of nitrogens with zero attached hydrogens (tertiary/aromatic N) is 1. The summed E-state index contributed by atoms with van der Waals surface area (Å²) in [4.78, 5) is 0. The van der Waals surface area contributed by atoms with Crippen LogP contribution in [0.4, 0.5) is 0 Å². The topological polar surface area (TPSA) is 29.3 Å². The van der Waals surface area contributed by atoms with Gasteiger partial charge in [0.05, 0.1) is 0 Å².